The smallest absolute Gasteiger partial charge is 0.140 e. The molecular weight excluding hydrogens is 374 g/mol. The van der Waals surface area contributed by atoms with Crippen molar-refractivity contribution in [2.75, 3.05) is 5.73 Å². The number of benzene rings is 3. The molecular formula is C21H16BrN3. The summed E-state index contributed by atoms with van der Waals surface area (Å²) in [6, 6.07) is 26.2. The zero-order chi connectivity index (χ0) is 17.2. The summed E-state index contributed by atoms with van der Waals surface area (Å²) < 4.78 is 0.968. The number of anilines is 1. The lowest BCUT2D eigenvalue weighted by molar-refractivity contribution is 1.31. The number of nitrogens with two attached hydrogens (primary N) is 1. The summed E-state index contributed by atoms with van der Waals surface area (Å²) in [5.74, 6) is 0.761. The summed E-state index contributed by atoms with van der Waals surface area (Å²) >= 11 is 3.51. The maximum Gasteiger partial charge on any atom is 0.140 e. The van der Waals surface area contributed by atoms with E-state index in [2.05, 4.69) is 45.2 Å². The molecule has 0 spiro atoms. The second-order valence-corrected chi connectivity index (χ2v) is 6.69. The minimum Gasteiger partial charge on any atom is -0.398 e. The highest BCUT2D eigenvalue weighted by Gasteiger charge is 2.16. The van der Waals surface area contributed by atoms with Crippen LogP contribution < -0.4 is 5.73 Å². The monoisotopic (exact) mass is 389 g/mol. The molecule has 0 unspecified atom stereocenters. The van der Waals surface area contributed by atoms with Crippen LogP contribution in [0.5, 0.6) is 0 Å². The molecule has 0 aliphatic heterocycles. The summed E-state index contributed by atoms with van der Waals surface area (Å²) in [6.07, 6.45) is 0. The van der Waals surface area contributed by atoms with Crippen molar-refractivity contribution in [3.63, 3.8) is 0 Å². The number of aromatic nitrogens is 2. The van der Waals surface area contributed by atoms with Crippen molar-refractivity contribution in [3.05, 3.63) is 83.3 Å². The van der Waals surface area contributed by atoms with Crippen LogP contribution in [0.2, 0.25) is 0 Å². The first-order valence-corrected chi connectivity index (χ1v) is 8.78. The molecule has 3 N–H and O–H groups in total. The van der Waals surface area contributed by atoms with E-state index >= 15 is 0 Å². The van der Waals surface area contributed by atoms with E-state index in [1.165, 1.54) is 0 Å². The molecule has 0 amide bonds. The number of imidazole rings is 1. The van der Waals surface area contributed by atoms with Crippen LogP contribution in [0.4, 0.5) is 5.69 Å². The van der Waals surface area contributed by atoms with Crippen LogP contribution >= 0.6 is 15.9 Å². The normalized spacial score (nSPS) is 10.8. The molecule has 4 rings (SSSR count). The van der Waals surface area contributed by atoms with Gasteiger partial charge in [0, 0.05) is 26.9 Å². The number of H-pyrrole nitrogens is 1. The summed E-state index contributed by atoms with van der Waals surface area (Å²) in [5, 5.41) is 0. The van der Waals surface area contributed by atoms with E-state index < -0.39 is 0 Å². The van der Waals surface area contributed by atoms with E-state index in [9.17, 15) is 0 Å². The number of hydrogen-bond acceptors (Lipinski definition) is 2. The molecule has 1 aromatic heterocycles. The van der Waals surface area contributed by atoms with Crippen molar-refractivity contribution in [2.24, 2.45) is 0 Å². The van der Waals surface area contributed by atoms with Gasteiger partial charge in [0.1, 0.15) is 5.82 Å². The average molecular weight is 390 g/mol. The third-order valence-corrected chi connectivity index (χ3v) is 4.58. The van der Waals surface area contributed by atoms with Crippen LogP contribution in [0, 0.1) is 0 Å². The second kappa shape index (κ2) is 6.57. The van der Waals surface area contributed by atoms with Gasteiger partial charge in [-0.05, 0) is 18.2 Å². The molecule has 122 valence electrons. The molecule has 0 aliphatic carbocycles. The van der Waals surface area contributed by atoms with E-state index in [-0.39, 0.29) is 0 Å². The van der Waals surface area contributed by atoms with Gasteiger partial charge in [-0.1, -0.05) is 76.6 Å². The van der Waals surface area contributed by atoms with Gasteiger partial charge in [-0.25, -0.2) is 4.98 Å². The van der Waals surface area contributed by atoms with Crippen LogP contribution in [0.25, 0.3) is 33.9 Å². The van der Waals surface area contributed by atoms with Gasteiger partial charge in [0.05, 0.1) is 11.4 Å². The minimum absolute atomic E-state index is 0.691. The van der Waals surface area contributed by atoms with Crippen molar-refractivity contribution < 1.29 is 0 Å². The molecule has 0 saturated carbocycles. The maximum absolute atomic E-state index is 6.18. The van der Waals surface area contributed by atoms with Gasteiger partial charge < -0.3 is 10.7 Å². The number of aromatic amines is 1. The Hall–Kier alpha value is -2.85. The average Bonchev–Trinajstić information content (AvgIpc) is 3.10. The quantitative estimate of drug-likeness (QED) is 0.437. The fourth-order valence-electron chi connectivity index (χ4n) is 2.85. The first kappa shape index (κ1) is 15.7. The topological polar surface area (TPSA) is 54.7 Å². The van der Waals surface area contributed by atoms with Gasteiger partial charge >= 0.3 is 0 Å². The van der Waals surface area contributed by atoms with Gasteiger partial charge in [0.2, 0.25) is 0 Å². The second-order valence-electron chi connectivity index (χ2n) is 5.77. The summed E-state index contributed by atoms with van der Waals surface area (Å²) in [5.41, 5.74) is 11.8. The third kappa shape index (κ3) is 3.08. The van der Waals surface area contributed by atoms with E-state index in [0.29, 0.717) is 5.69 Å². The number of nitrogens with one attached hydrogen (secondary N) is 1. The van der Waals surface area contributed by atoms with Crippen LogP contribution in [0.1, 0.15) is 0 Å². The van der Waals surface area contributed by atoms with Gasteiger partial charge in [0.15, 0.2) is 0 Å². The molecule has 1 heterocycles. The summed E-state index contributed by atoms with van der Waals surface area (Å²) in [6.45, 7) is 0. The fraction of sp³-hybridized carbons (Fsp3) is 0. The first-order valence-electron chi connectivity index (χ1n) is 7.98. The molecule has 0 aliphatic rings. The van der Waals surface area contributed by atoms with Crippen molar-refractivity contribution in [3.8, 4) is 33.9 Å². The number of nitrogens with zero attached hydrogens (tertiary/aromatic N) is 1. The molecule has 3 aromatic carbocycles. The molecule has 4 aromatic rings. The number of nitrogen functional groups attached to an aromatic ring is 1. The standard InChI is InChI=1S/C21H16BrN3/c22-16-11-12-18(23)17(13-16)21-24-19(14-7-3-1-4-8-14)20(25-21)15-9-5-2-6-10-15/h1-13H,23H2,(H,24,25). The van der Waals surface area contributed by atoms with Gasteiger partial charge in [-0.3, -0.25) is 0 Å². The Morgan fingerprint density at radius 1 is 0.800 bits per heavy atom. The van der Waals surface area contributed by atoms with E-state index in [4.69, 9.17) is 10.7 Å². The molecule has 0 fully saturated rings. The minimum atomic E-state index is 0.691. The summed E-state index contributed by atoms with van der Waals surface area (Å²) in [4.78, 5) is 8.34. The van der Waals surface area contributed by atoms with Crippen molar-refractivity contribution in [1.29, 1.82) is 0 Å². The third-order valence-electron chi connectivity index (χ3n) is 4.08. The lowest BCUT2D eigenvalue weighted by Crippen LogP contribution is -1.91. The summed E-state index contributed by atoms with van der Waals surface area (Å²) in [7, 11) is 0. The molecule has 3 nitrogen and oxygen atoms in total. The highest BCUT2D eigenvalue weighted by molar-refractivity contribution is 9.10. The first-order chi connectivity index (χ1) is 12.2. The van der Waals surface area contributed by atoms with Gasteiger partial charge in [-0.15, -0.1) is 0 Å². The van der Waals surface area contributed by atoms with Crippen LogP contribution in [0.3, 0.4) is 0 Å². The Bertz CT molecular complexity index is 951. The van der Waals surface area contributed by atoms with Crippen LogP contribution in [0.15, 0.2) is 83.3 Å². The molecule has 0 radical (unpaired) electrons. The largest absolute Gasteiger partial charge is 0.398 e. The SMILES string of the molecule is Nc1ccc(Br)cc1-c1nc(-c2ccccc2)c(-c2ccccc2)[nH]1. The Kier molecular flexibility index (Phi) is 4.12. The van der Waals surface area contributed by atoms with Crippen LogP contribution in [-0.4, -0.2) is 9.97 Å². The zero-order valence-corrected chi connectivity index (χ0v) is 15.0. The van der Waals surface area contributed by atoms with E-state index in [1.54, 1.807) is 0 Å². The van der Waals surface area contributed by atoms with Crippen molar-refractivity contribution in [2.45, 2.75) is 0 Å². The lowest BCUT2D eigenvalue weighted by Gasteiger charge is -2.03. The van der Waals surface area contributed by atoms with Gasteiger partial charge in [0.25, 0.3) is 0 Å². The Balaban J connectivity index is 1.94. The highest BCUT2D eigenvalue weighted by atomic mass is 79.9. The predicted molar refractivity (Wildman–Crippen MR) is 107 cm³/mol. The fourth-order valence-corrected chi connectivity index (χ4v) is 3.21. The molecule has 4 heteroatoms. The Labute approximate surface area is 154 Å². The van der Waals surface area contributed by atoms with Gasteiger partial charge in [-0.2, -0.15) is 0 Å². The number of halogens is 1. The highest BCUT2D eigenvalue weighted by Crippen LogP contribution is 2.35. The molecule has 0 atom stereocenters. The maximum atomic E-state index is 6.18. The zero-order valence-electron chi connectivity index (χ0n) is 13.4. The lowest BCUT2D eigenvalue weighted by atomic mass is 10.1. The molecule has 25 heavy (non-hydrogen) atoms. The Morgan fingerprint density at radius 2 is 1.44 bits per heavy atom. The van der Waals surface area contributed by atoms with Crippen molar-refractivity contribution in [1.82, 2.24) is 9.97 Å². The Morgan fingerprint density at radius 3 is 2.12 bits per heavy atom. The van der Waals surface area contributed by atoms with E-state index in [1.807, 2.05) is 54.6 Å². The number of rotatable bonds is 3. The molecule has 0 bridgehead atoms. The molecule has 0 saturated heterocycles. The van der Waals surface area contributed by atoms with E-state index in [0.717, 1.165) is 38.4 Å². The predicted octanol–water partition coefficient (Wildman–Crippen LogP) is 5.76. The number of hydrogen-bond donors (Lipinski definition) is 2. The van der Waals surface area contributed by atoms with Crippen LogP contribution in [-0.2, 0) is 0 Å². The van der Waals surface area contributed by atoms with Crippen molar-refractivity contribution >= 4 is 21.6 Å².